The number of carbonyl (C=O) groups is 1. The summed E-state index contributed by atoms with van der Waals surface area (Å²) in [6, 6.07) is 8.68. The van der Waals surface area contributed by atoms with E-state index in [4.69, 9.17) is 5.26 Å². The highest BCUT2D eigenvalue weighted by atomic mass is 16.1. The summed E-state index contributed by atoms with van der Waals surface area (Å²) in [4.78, 5) is 11.3. The minimum atomic E-state index is -0.000370. The third-order valence-electron chi connectivity index (χ3n) is 1.65. The highest BCUT2D eigenvalue weighted by Gasteiger charge is 2.03. The van der Waals surface area contributed by atoms with Gasteiger partial charge in [0.25, 0.3) is 0 Å². The van der Waals surface area contributed by atoms with Gasteiger partial charge >= 0.3 is 0 Å². The third kappa shape index (κ3) is 2.39. The molecule has 0 aliphatic rings. The average molecular weight is 174 g/mol. The van der Waals surface area contributed by atoms with Gasteiger partial charge in [-0.25, -0.2) is 0 Å². The Morgan fingerprint density at radius 3 is 3.00 bits per heavy atom. The molecule has 0 saturated carbocycles. The number of nitrogens with one attached hydrogen (secondary N) is 1. The van der Waals surface area contributed by atoms with Crippen molar-refractivity contribution < 1.29 is 4.79 Å². The van der Waals surface area contributed by atoms with Gasteiger partial charge in [-0.2, -0.15) is 5.26 Å². The summed E-state index contributed by atoms with van der Waals surface area (Å²) in [5.74, 6) is -0.000370. The average Bonchev–Trinajstić information content (AvgIpc) is 2.18. The molecule has 0 unspecified atom stereocenters. The number of benzene rings is 1. The summed E-state index contributed by atoms with van der Waals surface area (Å²) < 4.78 is 0. The Bertz CT molecular complexity index is 352. The number of nitriles is 1. The highest BCUT2D eigenvalue weighted by Crippen LogP contribution is 2.04. The van der Waals surface area contributed by atoms with Crippen molar-refractivity contribution in [3.63, 3.8) is 0 Å². The topological polar surface area (TPSA) is 52.9 Å². The van der Waals surface area contributed by atoms with Gasteiger partial charge in [0, 0.05) is 5.56 Å². The molecule has 0 radical (unpaired) electrons. The van der Waals surface area contributed by atoms with Crippen LogP contribution >= 0.6 is 0 Å². The molecule has 0 saturated heterocycles. The van der Waals surface area contributed by atoms with Crippen molar-refractivity contribution in [2.45, 2.75) is 0 Å². The monoisotopic (exact) mass is 174 g/mol. The molecule has 1 aromatic carbocycles. The van der Waals surface area contributed by atoms with Crippen LogP contribution in [-0.2, 0) is 0 Å². The SMILES string of the molecule is CNCC(=O)c1cccc(C#N)c1. The predicted molar refractivity (Wildman–Crippen MR) is 49.4 cm³/mol. The van der Waals surface area contributed by atoms with Crippen LogP contribution in [0, 0.1) is 11.3 Å². The van der Waals surface area contributed by atoms with E-state index in [1.165, 1.54) is 0 Å². The minimum Gasteiger partial charge on any atom is -0.313 e. The van der Waals surface area contributed by atoms with Crippen LogP contribution in [0.25, 0.3) is 0 Å². The Kier molecular flexibility index (Phi) is 3.18. The van der Waals surface area contributed by atoms with Crippen LogP contribution in [0.4, 0.5) is 0 Å². The minimum absolute atomic E-state index is 0.000370. The molecule has 3 nitrogen and oxygen atoms in total. The lowest BCUT2D eigenvalue weighted by atomic mass is 10.1. The first-order chi connectivity index (χ1) is 6.27. The zero-order valence-corrected chi connectivity index (χ0v) is 7.37. The predicted octanol–water partition coefficient (Wildman–Crippen LogP) is 0.960. The van der Waals surface area contributed by atoms with Crippen LogP contribution in [0.5, 0.6) is 0 Å². The summed E-state index contributed by atoms with van der Waals surface area (Å²) in [6.45, 7) is 0.300. The van der Waals surface area contributed by atoms with E-state index in [0.717, 1.165) is 0 Å². The first kappa shape index (κ1) is 9.43. The Morgan fingerprint density at radius 1 is 1.62 bits per heavy atom. The van der Waals surface area contributed by atoms with Gasteiger partial charge < -0.3 is 5.32 Å². The number of rotatable bonds is 3. The zero-order valence-electron chi connectivity index (χ0n) is 7.37. The second-order valence-corrected chi connectivity index (χ2v) is 2.65. The van der Waals surface area contributed by atoms with E-state index in [1.54, 1.807) is 31.3 Å². The second-order valence-electron chi connectivity index (χ2n) is 2.65. The van der Waals surface area contributed by atoms with Gasteiger partial charge in [-0.05, 0) is 19.2 Å². The van der Waals surface area contributed by atoms with Crippen molar-refractivity contribution >= 4 is 5.78 Å². The number of hydrogen-bond donors (Lipinski definition) is 1. The molecule has 66 valence electrons. The summed E-state index contributed by atoms with van der Waals surface area (Å²) in [7, 11) is 1.71. The molecule has 3 heteroatoms. The molecule has 0 bridgehead atoms. The van der Waals surface area contributed by atoms with Crippen LogP contribution < -0.4 is 5.32 Å². The fourth-order valence-electron chi connectivity index (χ4n) is 1.02. The van der Waals surface area contributed by atoms with Crippen LogP contribution in [-0.4, -0.2) is 19.4 Å². The smallest absolute Gasteiger partial charge is 0.176 e. The molecular formula is C10H10N2O. The van der Waals surface area contributed by atoms with Gasteiger partial charge in [0.15, 0.2) is 5.78 Å². The lowest BCUT2D eigenvalue weighted by molar-refractivity contribution is 0.0993. The Balaban J connectivity index is 2.90. The largest absolute Gasteiger partial charge is 0.313 e. The van der Waals surface area contributed by atoms with E-state index in [-0.39, 0.29) is 5.78 Å². The van der Waals surface area contributed by atoms with Crippen LogP contribution in [0.15, 0.2) is 24.3 Å². The summed E-state index contributed by atoms with van der Waals surface area (Å²) >= 11 is 0. The Morgan fingerprint density at radius 2 is 2.38 bits per heavy atom. The molecule has 1 aromatic rings. The summed E-state index contributed by atoms with van der Waals surface area (Å²) in [5.41, 5.74) is 1.09. The number of carbonyl (C=O) groups excluding carboxylic acids is 1. The molecule has 0 spiro atoms. The van der Waals surface area contributed by atoms with Crippen LogP contribution in [0.3, 0.4) is 0 Å². The summed E-state index contributed by atoms with van der Waals surface area (Å²) in [5, 5.41) is 11.4. The van der Waals surface area contributed by atoms with Crippen LogP contribution in [0.1, 0.15) is 15.9 Å². The molecule has 1 N–H and O–H groups in total. The number of nitrogens with zero attached hydrogens (tertiary/aromatic N) is 1. The summed E-state index contributed by atoms with van der Waals surface area (Å²) in [6.07, 6.45) is 0. The highest BCUT2D eigenvalue weighted by molar-refractivity contribution is 5.97. The van der Waals surface area contributed by atoms with Crippen molar-refractivity contribution in [1.29, 1.82) is 5.26 Å². The van der Waals surface area contributed by atoms with Gasteiger partial charge in [0.1, 0.15) is 0 Å². The van der Waals surface area contributed by atoms with Gasteiger partial charge in [-0.1, -0.05) is 12.1 Å². The fourth-order valence-corrected chi connectivity index (χ4v) is 1.02. The lowest BCUT2D eigenvalue weighted by Crippen LogP contribution is -2.18. The number of Topliss-reactive ketones (excluding diaryl/α,β-unsaturated/α-hetero) is 1. The molecule has 0 aliphatic carbocycles. The van der Waals surface area contributed by atoms with Crippen molar-refractivity contribution in [3.8, 4) is 6.07 Å². The van der Waals surface area contributed by atoms with Crippen molar-refractivity contribution in [2.75, 3.05) is 13.6 Å². The van der Waals surface area contributed by atoms with Crippen molar-refractivity contribution in [1.82, 2.24) is 5.32 Å². The number of ketones is 1. The van der Waals surface area contributed by atoms with Gasteiger partial charge in [0.2, 0.25) is 0 Å². The standard InChI is InChI=1S/C10H10N2O/c1-12-7-10(13)9-4-2-3-8(5-9)6-11/h2-5,12H,7H2,1H3. The first-order valence-electron chi connectivity index (χ1n) is 3.96. The van der Waals surface area contributed by atoms with E-state index in [2.05, 4.69) is 5.32 Å². The second kappa shape index (κ2) is 4.39. The quantitative estimate of drug-likeness (QED) is 0.694. The number of likely N-dealkylation sites (N-methyl/N-ethyl adjacent to an activating group) is 1. The molecule has 1 rings (SSSR count). The van der Waals surface area contributed by atoms with Crippen LogP contribution in [0.2, 0.25) is 0 Å². The normalized spacial score (nSPS) is 9.23. The van der Waals surface area contributed by atoms with E-state index in [0.29, 0.717) is 17.7 Å². The van der Waals surface area contributed by atoms with Gasteiger partial charge in [0.05, 0.1) is 18.2 Å². The third-order valence-corrected chi connectivity index (χ3v) is 1.65. The molecule has 0 aliphatic heterocycles. The van der Waals surface area contributed by atoms with Gasteiger partial charge in [-0.15, -0.1) is 0 Å². The molecule has 0 atom stereocenters. The van der Waals surface area contributed by atoms with E-state index in [9.17, 15) is 4.79 Å². The Labute approximate surface area is 77.0 Å². The van der Waals surface area contributed by atoms with Gasteiger partial charge in [-0.3, -0.25) is 4.79 Å². The van der Waals surface area contributed by atoms with Crippen molar-refractivity contribution in [3.05, 3.63) is 35.4 Å². The fraction of sp³-hybridized carbons (Fsp3) is 0.200. The lowest BCUT2D eigenvalue weighted by Gasteiger charge is -1.99. The number of hydrogen-bond acceptors (Lipinski definition) is 3. The Hall–Kier alpha value is -1.66. The maximum Gasteiger partial charge on any atom is 0.176 e. The zero-order chi connectivity index (χ0) is 9.68. The van der Waals surface area contributed by atoms with Crippen molar-refractivity contribution in [2.24, 2.45) is 0 Å². The molecular weight excluding hydrogens is 164 g/mol. The molecule has 0 heterocycles. The van der Waals surface area contributed by atoms with E-state index in [1.807, 2.05) is 6.07 Å². The molecule has 0 fully saturated rings. The first-order valence-corrected chi connectivity index (χ1v) is 3.96. The molecule has 0 aromatic heterocycles. The van der Waals surface area contributed by atoms with E-state index < -0.39 is 0 Å². The maximum absolute atomic E-state index is 11.3. The maximum atomic E-state index is 11.3. The molecule has 13 heavy (non-hydrogen) atoms. The molecule has 0 amide bonds. The van der Waals surface area contributed by atoms with E-state index >= 15 is 0 Å².